The lowest BCUT2D eigenvalue weighted by Gasteiger charge is -2.22. The quantitative estimate of drug-likeness (QED) is 0.685. The largest absolute Gasteiger partial charge is 0.496 e. The number of hydrogen-bond donors (Lipinski definition) is 3. The van der Waals surface area contributed by atoms with Crippen molar-refractivity contribution in [2.24, 2.45) is 11.7 Å². The molecule has 1 unspecified atom stereocenters. The van der Waals surface area contributed by atoms with Gasteiger partial charge in [0.25, 0.3) is 5.91 Å². The van der Waals surface area contributed by atoms with Crippen LogP contribution in [-0.2, 0) is 10.0 Å². The maximum Gasteiger partial charge on any atom is 0.252 e. The summed E-state index contributed by atoms with van der Waals surface area (Å²) in [4.78, 5) is 11.4. The Balaban J connectivity index is 2.14. The summed E-state index contributed by atoms with van der Waals surface area (Å²) in [5.74, 6) is -0.203. The summed E-state index contributed by atoms with van der Waals surface area (Å²) < 4.78 is 32.2. The molecule has 0 saturated carbocycles. The van der Waals surface area contributed by atoms with Gasteiger partial charge in [-0.15, -0.1) is 0 Å². The maximum absolute atomic E-state index is 12.3. The minimum Gasteiger partial charge on any atom is -0.496 e. The lowest BCUT2D eigenvalue weighted by molar-refractivity contribution is 0.0997. The van der Waals surface area contributed by atoms with Crippen LogP contribution < -0.4 is 20.5 Å². The first kappa shape index (κ1) is 16.7. The standard InChI is InChI=1S/C14H21N3O4S/c1-21-13-5-4-11(7-12(13)14(15)18)22(19,20)17-9-10-3-2-6-16-8-10/h4-5,7,10,16-17H,2-3,6,8-9H2,1H3,(H2,15,18). The van der Waals surface area contributed by atoms with Crippen molar-refractivity contribution in [1.29, 1.82) is 0 Å². The zero-order chi connectivity index (χ0) is 16.2. The zero-order valence-corrected chi connectivity index (χ0v) is 13.3. The molecule has 22 heavy (non-hydrogen) atoms. The van der Waals surface area contributed by atoms with Crippen LogP contribution in [0.15, 0.2) is 23.1 Å². The lowest BCUT2D eigenvalue weighted by Crippen LogP contribution is -2.38. The fourth-order valence-electron chi connectivity index (χ4n) is 2.46. The first-order valence-electron chi connectivity index (χ1n) is 7.12. The summed E-state index contributed by atoms with van der Waals surface area (Å²) in [5, 5.41) is 3.24. The average Bonchev–Trinajstić information content (AvgIpc) is 2.53. The van der Waals surface area contributed by atoms with E-state index in [2.05, 4.69) is 10.0 Å². The third-order valence-electron chi connectivity index (χ3n) is 3.71. The first-order chi connectivity index (χ1) is 10.4. The molecule has 0 aromatic heterocycles. The summed E-state index contributed by atoms with van der Waals surface area (Å²) in [5.41, 5.74) is 5.30. The van der Waals surface area contributed by atoms with Crippen LogP contribution in [0.3, 0.4) is 0 Å². The van der Waals surface area contributed by atoms with Crippen molar-refractivity contribution in [1.82, 2.24) is 10.0 Å². The van der Waals surface area contributed by atoms with Crippen molar-refractivity contribution in [3.8, 4) is 5.75 Å². The Labute approximate surface area is 130 Å². The maximum atomic E-state index is 12.3. The van der Waals surface area contributed by atoms with Crippen molar-refractivity contribution in [3.63, 3.8) is 0 Å². The molecule has 0 aliphatic carbocycles. The number of sulfonamides is 1. The lowest BCUT2D eigenvalue weighted by atomic mass is 10.0. The summed E-state index contributed by atoms with van der Waals surface area (Å²) in [7, 11) is -2.29. The molecule has 0 spiro atoms. The van der Waals surface area contributed by atoms with Crippen molar-refractivity contribution < 1.29 is 17.9 Å². The number of rotatable bonds is 6. The average molecular weight is 327 g/mol. The molecule has 1 heterocycles. The summed E-state index contributed by atoms with van der Waals surface area (Å²) >= 11 is 0. The summed E-state index contributed by atoms with van der Waals surface area (Å²) in [6, 6.07) is 4.06. The van der Waals surface area contributed by atoms with Gasteiger partial charge in [0.15, 0.2) is 0 Å². The second-order valence-corrected chi connectivity index (χ2v) is 7.06. The van der Waals surface area contributed by atoms with Gasteiger partial charge in [-0.1, -0.05) is 0 Å². The Morgan fingerprint density at radius 2 is 2.27 bits per heavy atom. The Kier molecular flexibility index (Phi) is 5.38. The van der Waals surface area contributed by atoms with Gasteiger partial charge in [0.1, 0.15) is 5.75 Å². The predicted molar refractivity (Wildman–Crippen MR) is 82.3 cm³/mol. The molecule has 1 fully saturated rings. The fraction of sp³-hybridized carbons (Fsp3) is 0.500. The van der Waals surface area contributed by atoms with Crippen molar-refractivity contribution in [2.75, 3.05) is 26.7 Å². The Morgan fingerprint density at radius 1 is 1.50 bits per heavy atom. The zero-order valence-electron chi connectivity index (χ0n) is 12.5. The van der Waals surface area contributed by atoms with Crippen LogP contribution >= 0.6 is 0 Å². The molecule has 7 nitrogen and oxygen atoms in total. The highest BCUT2D eigenvalue weighted by molar-refractivity contribution is 7.89. The fourth-order valence-corrected chi connectivity index (χ4v) is 3.60. The van der Waals surface area contributed by atoms with E-state index in [9.17, 15) is 13.2 Å². The number of hydrogen-bond acceptors (Lipinski definition) is 5. The number of piperidine rings is 1. The van der Waals surface area contributed by atoms with Crippen LogP contribution in [0.2, 0.25) is 0 Å². The highest BCUT2D eigenvalue weighted by atomic mass is 32.2. The summed E-state index contributed by atoms with van der Waals surface area (Å²) in [6.45, 7) is 2.15. The minimum absolute atomic E-state index is 0.00543. The molecule has 1 saturated heterocycles. The van der Waals surface area contributed by atoms with Crippen molar-refractivity contribution in [2.45, 2.75) is 17.7 Å². The third-order valence-corrected chi connectivity index (χ3v) is 5.13. The molecule has 1 amide bonds. The van der Waals surface area contributed by atoms with Gasteiger partial charge in [0.2, 0.25) is 10.0 Å². The van der Waals surface area contributed by atoms with Gasteiger partial charge in [-0.3, -0.25) is 4.79 Å². The molecular weight excluding hydrogens is 306 g/mol. The normalized spacial score (nSPS) is 18.9. The van der Waals surface area contributed by atoms with Gasteiger partial charge < -0.3 is 15.8 Å². The van der Waals surface area contributed by atoms with Crippen LogP contribution in [0.4, 0.5) is 0 Å². The molecule has 1 aromatic carbocycles. The van der Waals surface area contributed by atoms with Gasteiger partial charge in [0.05, 0.1) is 17.6 Å². The Hall–Kier alpha value is -1.64. The second-order valence-electron chi connectivity index (χ2n) is 5.29. The smallest absolute Gasteiger partial charge is 0.252 e. The molecule has 1 atom stereocenters. The van der Waals surface area contributed by atoms with Gasteiger partial charge in [-0.05, 0) is 50.0 Å². The molecule has 2 rings (SSSR count). The van der Waals surface area contributed by atoms with E-state index in [1.165, 1.54) is 25.3 Å². The van der Waals surface area contributed by atoms with Crippen molar-refractivity contribution >= 4 is 15.9 Å². The molecular formula is C14H21N3O4S. The van der Waals surface area contributed by atoms with E-state index >= 15 is 0 Å². The second kappa shape index (κ2) is 7.08. The highest BCUT2D eigenvalue weighted by Crippen LogP contribution is 2.22. The molecule has 1 aliphatic rings. The topological polar surface area (TPSA) is 111 Å². The molecule has 0 radical (unpaired) electrons. The Morgan fingerprint density at radius 3 is 2.86 bits per heavy atom. The highest BCUT2D eigenvalue weighted by Gasteiger charge is 2.21. The predicted octanol–water partition coefficient (Wildman–Crippen LogP) is 0.0720. The van der Waals surface area contributed by atoms with Crippen LogP contribution in [-0.4, -0.2) is 41.1 Å². The van der Waals surface area contributed by atoms with Gasteiger partial charge >= 0.3 is 0 Å². The van der Waals surface area contributed by atoms with E-state index in [0.717, 1.165) is 25.9 Å². The van der Waals surface area contributed by atoms with Gasteiger partial charge in [0, 0.05) is 6.54 Å². The molecule has 8 heteroatoms. The molecule has 4 N–H and O–H groups in total. The number of nitrogens with one attached hydrogen (secondary N) is 2. The van der Waals surface area contributed by atoms with Gasteiger partial charge in [-0.25, -0.2) is 13.1 Å². The van der Waals surface area contributed by atoms with E-state index in [0.29, 0.717) is 6.54 Å². The molecule has 0 bridgehead atoms. The summed E-state index contributed by atoms with van der Waals surface area (Å²) in [6.07, 6.45) is 2.03. The monoisotopic (exact) mass is 327 g/mol. The number of nitrogens with two attached hydrogens (primary N) is 1. The van der Waals surface area contributed by atoms with E-state index in [1.807, 2.05) is 0 Å². The number of amides is 1. The molecule has 1 aromatic rings. The number of methoxy groups -OCH3 is 1. The van der Waals surface area contributed by atoms with Crippen LogP contribution in [0, 0.1) is 5.92 Å². The Bertz CT molecular complexity index is 639. The molecule has 122 valence electrons. The number of primary amides is 1. The van der Waals surface area contributed by atoms with E-state index in [-0.39, 0.29) is 22.1 Å². The van der Waals surface area contributed by atoms with E-state index < -0.39 is 15.9 Å². The van der Waals surface area contributed by atoms with Crippen LogP contribution in [0.5, 0.6) is 5.75 Å². The minimum atomic E-state index is -3.68. The SMILES string of the molecule is COc1ccc(S(=O)(=O)NCC2CCCNC2)cc1C(N)=O. The number of benzene rings is 1. The molecule has 1 aliphatic heterocycles. The van der Waals surface area contributed by atoms with Crippen molar-refractivity contribution in [3.05, 3.63) is 23.8 Å². The first-order valence-corrected chi connectivity index (χ1v) is 8.60. The van der Waals surface area contributed by atoms with E-state index in [1.54, 1.807) is 0 Å². The third kappa shape index (κ3) is 3.96. The van der Waals surface area contributed by atoms with Gasteiger partial charge in [-0.2, -0.15) is 0 Å². The van der Waals surface area contributed by atoms with Crippen LogP contribution in [0.1, 0.15) is 23.2 Å². The number of carbonyl (C=O) groups excluding carboxylic acids is 1. The number of carbonyl (C=O) groups is 1. The van der Waals surface area contributed by atoms with E-state index in [4.69, 9.17) is 10.5 Å². The number of ether oxygens (including phenoxy) is 1. The van der Waals surface area contributed by atoms with Crippen LogP contribution in [0.25, 0.3) is 0 Å².